The highest BCUT2D eigenvalue weighted by Gasteiger charge is 2.13. The second-order valence-corrected chi connectivity index (χ2v) is 6.05. The van der Waals surface area contributed by atoms with E-state index in [0.717, 1.165) is 36.4 Å². The first-order valence-electron chi connectivity index (χ1n) is 7.18. The van der Waals surface area contributed by atoms with Crippen molar-refractivity contribution in [1.29, 1.82) is 0 Å². The largest absolute Gasteiger partial charge is 0.324 e. The van der Waals surface area contributed by atoms with Crippen molar-refractivity contribution < 1.29 is 0 Å². The van der Waals surface area contributed by atoms with Crippen LogP contribution in [0.3, 0.4) is 0 Å². The fourth-order valence-corrected chi connectivity index (χ4v) is 3.08. The van der Waals surface area contributed by atoms with Crippen LogP contribution >= 0.6 is 11.3 Å². The molecule has 2 N–H and O–H groups in total. The minimum absolute atomic E-state index is 0.0574. The molecule has 2 heterocycles. The molecule has 0 aliphatic carbocycles. The minimum Gasteiger partial charge on any atom is -0.324 e. The standard InChI is InChI=1S/C16H22N2OS/c1-3-4-5-10-18-14(15-7-6-11-20-15)9-8-13(12(2)17)16(18)19/h6-9,11-12H,3-5,10,17H2,1-2H3. The van der Waals surface area contributed by atoms with Crippen LogP contribution in [-0.4, -0.2) is 4.57 Å². The lowest BCUT2D eigenvalue weighted by Gasteiger charge is -2.15. The van der Waals surface area contributed by atoms with Crippen molar-refractivity contribution in [3.05, 3.63) is 45.6 Å². The van der Waals surface area contributed by atoms with Crippen LogP contribution in [0.25, 0.3) is 10.6 Å². The Labute approximate surface area is 124 Å². The number of rotatable bonds is 6. The van der Waals surface area contributed by atoms with Gasteiger partial charge in [0.15, 0.2) is 0 Å². The Kier molecular flexibility index (Phi) is 5.15. The first-order chi connectivity index (χ1) is 9.65. The second kappa shape index (κ2) is 6.86. The molecule has 0 fully saturated rings. The van der Waals surface area contributed by atoms with E-state index >= 15 is 0 Å². The molecule has 4 heteroatoms. The van der Waals surface area contributed by atoms with Gasteiger partial charge in [0.25, 0.3) is 5.56 Å². The minimum atomic E-state index is -0.225. The van der Waals surface area contributed by atoms with E-state index in [-0.39, 0.29) is 11.6 Å². The molecule has 2 aromatic rings. The van der Waals surface area contributed by atoms with Crippen molar-refractivity contribution >= 4 is 11.3 Å². The lowest BCUT2D eigenvalue weighted by atomic mass is 10.1. The summed E-state index contributed by atoms with van der Waals surface area (Å²) in [5, 5.41) is 2.04. The van der Waals surface area contributed by atoms with E-state index in [0.29, 0.717) is 5.56 Å². The zero-order chi connectivity index (χ0) is 14.5. The zero-order valence-corrected chi connectivity index (χ0v) is 13.0. The monoisotopic (exact) mass is 290 g/mol. The van der Waals surface area contributed by atoms with Gasteiger partial charge in [-0.2, -0.15) is 0 Å². The van der Waals surface area contributed by atoms with Gasteiger partial charge in [-0.1, -0.05) is 25.8 Å². The van der Waals surface area contributed by atoms with E-state index in [1.165, 1.54) is 0 Å². The van der Waals surface area contributed by atoms with Gasteiger partial charge in [-0.15, -0.1) is 11.3 Å². The fraction of sp³-hybridized carbons (Fsp3) is 0.438. The molecule has 108 valence electrons. The highest BCUT2D eigenvalue weighted by atomic mass is 32.1. The van der Waals surface area contributed by atoms with Gasteiger partial charge in [0.1, 0.15) is 0 Å². The van der Waals surface area contributed by atoms with E-state index in [4.69, 9.17) is 5.73 Å². The molecule has 0 bridgehead atoms. The number of pyridine rings is 1. The van der Waals surface area contributed by atoms with E-state index in [2.05, 4.69) is 13.0 Å². The van der Waals surface area contributed by atoms with Crippen LogP contribution in [0, 0.1) is 0 Å². The maximum Gasteiger partial charge on any atom is 0.255 e. The molecule has 0 amide bonds. The second-order valence-electron chi connectivity index (χ2n) is 5.10. The summed E-state index contributed by atoms with van der Waals surface area (Å²) in [5.41, 5.74) is 7.65. The third kappa shape index (κ3) is 3.19. The SMILES string of the molecule is CCCCCn1c(-c2cccs2)ccc(C(C)N)c1=O. The first-order valence-corrected chi connectivity index (χ1v) is 8.06. The molecule has 0 aromatic carbocycles. The van der Waals surface area contributed by atoms with Crippen molar-refractivity contribution in [2.45, 2.75) is 45.7 Å². The average molecular weight is 290 g/mol. The van der Waals surface area contributed by atoms with Gasteiger partial charge in [0, 0.05) is 18.2 Å². The van der Waals surface area contributed by atoms with Gasteiger partial charge in [0.05, 0.1) is 10.6 Å². The topological polar surface area (TPSA) is 48.0 Å². The van der Waals surface area contributed by atoms with Gasteiger partial charge in [-0.3, -0.25) is 4.79 Å². The molecular formula is C16H22N2OS. The molecule has 0 spiro atoms. The maximum atomic E-state index is 12.6. The zero-order valence-electron chi connectivity index (χ0n) is 12.1. The molecule has 20 heavy (non-hydrogen) atoms. The molecular weight excluding hydrogens is 268 g/mol. The van der Waals surface area contributed by atoms with E-state index < -0.39 is 0 Å². The smallest absolute Gasteiger partial charge is 0.255 e. The van der Waals surface area contributed by atoms with E-state index in [9.17, 15) is 4.79 Å². The number of aromatic nitrogens is 1. The van der Waals surface area contributed by atoms with Crippen molar-refractivity contribution in [2.24, 2.45) is 5.73 Å². The Bertz CT molecular complexity index is 599. The molecule has 2 rings (SSSR count). The van der Waals surface area contributed by atoms with Crippen LogP contribution in [-0.2, 0) is 6.54 Å². The molecule has 2 aromatic heterocycles. The summed E-state index contributed by atoms with van der Waals surface area (Å²) in [4.78, 5) is 13.7. The van der Waals surface area contributed by atoms with E-state index in [1.54, 1.807) is 11.3 Å². The summed E-state index contributed by atoms with van der Waals surface area (Å²) in [7, 11) is 0. The molecule has 0 saturated heterocycles. The average Bonchev–Trinajstić information content (AvgIpc) is 2.94. The van der Waals surface area contributed by atoms with Crippen molar-refractivity contribution in [2.75, 3.05) is 0 Å². The summed E-state index contributed by atoms with van der Waals surface area (Å²) < 4.78 is 1.89. The Morgan fingerprint density at radius 1 is 1.30 bits per heavy atom. The quantitative estimate of drug-likeness (QED) is 0.823. The number of hydrogen-bond acceptors (Lipinski definition) is 3. The molecule has 0 aliphatic heterocycles. The molecule has 0 radical (unpaired) electrons. The Balaban J connectivity index is 2.46. The maximum absolute atomic E-state index is 12.6. The summed E-state index contributed by atoms with van der Waals surface area (Å²) in [6, 6.07) is 7.75. The van der Waals surface area contributed by atoms with Gasteiger partial charge in [-0.25, -0.2) is 0 Å². The molecule has 0 aliphatic rings. The highest BCUT2D eigenvalue weighted by Crippen LogP contribution is 2.24. The number of thiophene rings is 1. The van der Waals surface area contributed by atoms with Gasteiger partial charge in [-0.05, 0) is 36.9 Å². The van der Waals surface area contributed by atoms with Crippen LogP contribution < -0.4 is 11.3 Å². The van der Waals surface area contributed by atoms with Gasteiger partial charge in [0.2, 0.25) is 0 Å². The number of nitrogens with two attached hydrogens (primary N) is 1. The number of unbranched alkanes of at least 4 members (excludes halogenated alkanes) is 2. The molecule has 1 atom stereocenters. The van der Waals surface area contributed by atoms with Gasteiger partial charge >= 0.3 is 0 Å². The van der Waals surface area contributed by atoms with Crippen LogP contribution in [0.2, 0.25) is 0 Å². The molecule has 1 unspecified atom stereocenters. The summed E-state index contributed by atoms with van der Waals surface area (Å²) in [5.74, 6) is 0. The Hall–Kier alpha value is -1.39. The van der Waals surface area contributed by atoms with Gasteiger partial charge < -0.3 is 10.3 Å². The lowest BCUT2D eigenvalue weighted by Crippen LogP contribution is -2.28. The third-order valence-corrected chi connectivity index (χ3v) is 4.35. The fourth-order valence-electron chi connectivity index (χ4n) is 2.32. The summed E-state index contributed by atoms with van der Waals surface area (Å²) in [6.07, 6.45) is 3.31. The number of nitrogens with zero attached hydrogens (tertiary/aromatic N) is 1. The highest BCUT2D eigenvalue weighted by molar-refractivity contribution is 7.13. The van der Waals surface area contributed by atoms with Crippen LogP contribution in [0.1, 0.15) is 44.7 Å². The lowest BCUT2D eigenvalue weighted by molar-refractivity contribution is 0.585. The predicted octanol–water partition coefficient (Wildman–Crippen LogP) is 3.79. The van der Waals surface area contributed by atoms with Crippen LogP contribution in [0.5, 0.6) is 0 Å². The van der Waals surface area contributed by atoms with Crippen molar-refractivity contribution in [3.8, 4) is 10.6 Å². The third-order valence-electron chi connectivity index (χ3n) is 3.45. The number of hydrogen-bond donors (Lipinski definition) is 1. The normalized spacial score (nSPS) is 12.6. The Morgan fingerprint density at radius 2 is 2.10 bits per heavy atom. The molecule has 3 nitrogen and oxygen atoms in total. The Morgan fingerprint density at radius 3 is 2.70 bits per heavy atom. The van der Waals surface area contributed by atoms with Crippen molar-refractivity contribution in [1.82, 2.24) is 4.57 Å². The molecule has 0 saturated carbocycles. The van der Waals surface area contributed by atoms with Crippen LogP contribution in [0.4, 0.5) is 0 Å². The first kappa shape index (κ1) is 15.0. The summed E-state index contributed by atoms with van der Waals surface area (Å²) in [6.45, 7) is 4.79. The van der Waals surface area contributed by atoms with Crippen molar-refractivity contribution in [3.63, 3.8) is 0 Å². The predicted molar refractivity (Wildman–Crippen MR) is 86.1 cm³/mol. The summed E-state index contributed by atoms with van der Waals surface area (Å²) >= 11 is 1.66. The van der Waals surface area contributed by atoms with E-state index in [1.807, 2.05) is 35.1 Å². The van der Waals surface area contributed by atoms with Crippen LogP contribution in [0.15, 0.2) is 34.4 Å².